The molecule has 0 aliphatic carbocycles. The van der Waals surface area contributed by atoms with Gasteiger partial charge in [-0.1, -0.05) is 36.4 Å². The smallest absolute Gasteiger partial charge is 0.266 e. The summed E-state index contributed by atoms with van der Waals surface area (Å²) in [6, 6.07) is 13.6. The molecule has 2 rings (SSSR count). The van der Waals surface area contributed by atoms with Crippen molar-refractivity contribution in [2.45, 2.75) is 0 Å². The fourth-order valence-corrected chi connectivity index (χ4v) is 2.05. The van der Waals surface area contributed by atoms with Gasteiger partial charge in [0.15, 0.2) is 0 Å². The molecular formula is C12H13NO3S. The first kappa shape index (κ1) is 11.9. The van der Waals surface area contributed by atoms with E-state index in [0.29, 0.717) is 0 Å². The molecule has 0 amide bonds. The van der Waals surface area contributed by atoms with Crippen molar-refractivity contribution in [3.05, 3.63) is 42.5 Å². The molecule has 0 fully saturated rings. The highest BCUT2D eigenvalue weighted by molar-refractivity contribution is 7.85. The van der Waals surface area contributed by atoms with Gasteiger partial charge in [-0.2, -0.15) is 8.42 Å². The fraction of sp³-hybridized carbons (Fsp3) is 0.167. The second-order valence-corrected chi connectivity index (χ2v) is 5.31. The number of anilines is 1. The zero-order chi connectivity index (χ0) is 12.3. The average Bonchev–Trinajstić information content (AvgIpc) is 2.28. The molecule has 4 nitrogen and oxygen atoms in total. The SMILES string of the molecule is O=S(=O)(O)CCNc1cccc2ccccc12. The molecule has 90 valence electrons. The van der Waals surface area contributed by atoms with Crippen LogP contribution in [0, 0.1) is 0 Å². The molecule has 2 aromatic rings. The Hall–Kier alpha value is -1.59. The summed E-state index contributed by atoms with van der Waals surface area (Å²) in [5.41, 5.74) is 0.867. The highest BCUT2D eigenvalue weighted by Crippen LogP contribution is 2.22. The van der Waals surface area contributed by atoms with Gasteiger partial charge in [-0.3, -0.25) is 4.55 Å². The van der Waals surface area contributed by atoms with Gasteiger partial charge in [0.2, 0.25) is 0 Å². The molecule has 0 saturated carbocycles. The summed E-state index contributed by atoms with van der Waals surface area (Å²) < 4.78 is 29.8. The maximum absolute atomic E-state index is 10.6. The Morgan fingerprint density at radius 3 is 2.53 bits per heavy atom. The van der Waals surface area contributed by atoms with Gasteiger partial charge in [-0.05, 0) is 11.5 Å². The van der Waals surface area contributed by atoms with Crippen LogP contribution in [-0.4, -0.2) is 25.3 Å². The molecule has 0 heterocycles. The average molecular weight is 251 g/mol. The van der Waals surface area contributed by atoms with Crippen molar-refractivity contribution in [1.29, 1.82) is 0 Å². The predicted molar refractivity (Wildman–Crippen MR) is 68.9 cm³/mol. The van der Waals surface area contributed by atoms with Crippen LogP contribution in [0.25, 0.3) is 10.8 Å². The van der Waals surface area contributed by atoms with Crippen molar-refractivity contribution in [3.63, 3.8) is 0 Å². The van der Waals surface area contributed by atoms with Crippen molar-refractivity contribution in [2.24, 2.45) is 0 Å². The molecule has 17 heavy (non-hydrogen) atoms. The van der Waals surface area contributed by atoms with Gasteiger partial charge in [-0.25, -0.2) is 0 Å². The summed E-state index contributed by atoms with van der Waals surface area (Å²) in [5, 5.41) is 5.13. The minimum Gasteiger partial charge on any atom is -0.383 e. The number of hydrogen-bond acceptors (Lipinski definition) is 3. The van der Waals surface area contributed by atoms with Crippen LogP contribution in [0.2, 0.25) is 0 Å². The lowest BCUT2D eigenvalue weighted by Crippen LogP contribution is -2.14. The Morgan fingerprint density at radius 1 is 1.06 bits per heavy atom. The maximum Gasteiger partial charge on any atom is 0.266 e. The van der Waals surface area contributed by atoms with Crippen molar-refractivity contribution in [2.75, 3.05) is 17.6 Å². The maximum atomic E-state index is 10.6. The minimum absolute atomic E-state index is 0.187. The molecule has 2 aromatic carbocycles. The largest absolute Gasteiger partial charge is 0.383 e. The Morgan fingerprint density at radius 2 is 1.76 bits per heavy atom. The van der Waals surface area contributed by atoms with Gasteiger partial charge in [-0.15, -0.1) is 0 Å². The topological polar surface area (TPSA) is 66.4 Å². The lowest BCUT2D eigenvalue weighted by atomic mass is 10.1. The summed E-state index contributed by atoms with van der Waals surface area (Å²) in [6.45, 7) is 0.187. The third-order valence-electron chi connectivity index (χ3n) is 2.47. The Kier molecular flexibility index (Phi) is 3.31. The molecule has 0 atom stereocenters. The fourth-order valence-electron chi connectivity index (χ4n) is 1.69. The van der Waals surface area contributed by atoms with Crippen LogP contribution >= 0.6 is 0 Å². The molecule has 0 spiro atoms. The molecule has 0 aliphatic heterocycles. The first-order chi connectivity index (χ1) is 8.06. The van der Waals surface area contributed by atoms with E-state index in [0.717, 1.165) is 16.5 Å². The number of hydrogen-bond donors (Lipinski definition) is 2. The zero-order valence-corrected chi connectivity index (χ0v) is 9.94. The van der Waals surface area contributed by atoms with Crippen molar-refractivity contribution >= 4 is 26.6 Å². The van der Waals surface area contributed by atoms with E-state index in [1.807, 2.05) is 42.5 Å². The van der Waals surface area contributed by atoms with E-state index in [1.165, 1.54) is 0 Å². The van der Waals surface area contributed by atoms with Gasteiger partial charge in [0.05, 0.1) is 5.75 Å². The highest BCUT2D eigenvalue weighted by atomic mass is 32.2. The van der Waals surface area contributed by atoms with Crippen LogP contribution in [0.15, 0.2) is 42.5 Å². The van der Waals surface area contributed by atoms with E-state index in [2.05, 4.69) is 5.32 Å². The first-order valence-electron chi connectivity index (χ1n) is 5.23. The van der Waals surface area contributed by atoms with Crippen molar-refractivity contribution in [1.82, 2.24) is 0 Å². The van der Waals surface area contributed by atoms with Gasteiger partial charge >= 0.3 is 0 Å². The van der Waals surface area contributed by atoms with Crippen LogP contribution in [-0.2, 0) is 10.1 Å². The van der Waals surface area contributed by atoms with E-state index < -0.39 is 10.1 Å². The van der Waals surface area contributed by atoms with E-state index in [1.54, 1.807) is 0 Å². The van der Waals surface area contributed by atoms with Crippen LogP contribution in [0.4, 0.5) is 5.69 Å². The van der Waals surface area contributed by atoms with Crippen LogP contribution in [0.5, 0.6) is 0 Å². The van der Waals surface area contributed by atoms with Crippen LogP contribution < -0.4 is 5.32 Å². The van der Waals surface area contributed by atoms with E-state index >= 15 is 0 Å². The molecule has 0 unspecified atom stereocenters. The Balaban J connectivity index is 2.19. The molecule has 0 aliphatic rings. The van der Waals surface area contributed by atoms with Crippen LogP contribution in [0.3, 0.4) is 0 Å². The standard InChI is InChI=1S/C12H13NO3S/c14-17(15,16)9-8-13-12-7-3-5-10-4-1-2-6-11(10)12/h1-7,13H,8-9H2,(H,14,15,16). The molecule has 2 N–H and O–H groups in total. The summed E-state index contributed by atoms with van der Waals surface area (Å²) in [4.78, 5) is 0. The molecule has 0 radical (unpaired) electrons. The summed E-state index contributed by atoms with van der Waals surface area (Å²) in [7, 11) is -3.91. The Labute approximate surface area is 100 Å². The minimum atomic E-state index is -3.91. The van der Waals surface area contributed by atoms with E-state index in [4.69, 9.17) is 4.55 Å². The molecule has 5 heteroatoms. The van der Waals surface area contributed by atoms with Gasteiger partial charge in [0, 0.05) is 17.6 Å². The molecular weight excluding hydrogens is 238 g/mol. The quantitative estimate of drug-likeness (QED) is 0.817. The lowest BCUT2D eigenvalue weighted by Gasteiger charge is -2.08. The van der Waals surface area contributed by atoms with E-state index in [9.17, 15) is 8.42 Å². The Bertz CT molecular complexity index is 617. The first-order valence-corrected chi connectivity index (χ1v) is 6.84. The van der Waals surface area contributed by atoms with Gasteiger partial charge in [0.1, 0.15) is 0 Å². The highest BCUT2D eigenvalue weighted by Gasteiger charge is 2.04. The molecule has 0 aromatic heterocycles. The second kappa shape index (κ2) is 4.73. The third kappa shape index (κ3) is 3.18. The predicted octanol–water partition coefficient (Wildman–Crippen LogP) is 2.14. The van der Waals surface area contributed by atoms with Gasteiger partial charge < -0.3 is 5.32 Å². The summed E-state index contributed by atoms with van der Waals surface area (Å²) in [5.74, 6) is -0.295. The lowest BCUT2D eigenvalue weighted by molar-refractivity contribution is 0.484. The monoisotopic (exact) mass is 251 g/mol. The zero-order valence-electron chi connectivity index (χ0n) is 9.13. The molecule has 0 bridgehead atoms. The van der Waals surface area contributed by atoms with Gasteiger partial charge in [0.25, 0.3) is 10.1 Å². The number of benzene rings is 2. The third-order valence-corrected chi connectivity index (χ3v) is 3.19. The number of fused-ring (bicyclic) bond motifs is 1. The normalized spacial score (nSPS) is 11.6. The van der Waals surface area contributed by atoms with Crippen molar-refractivity contribution in [3.8, 4) is 0 Å². The van der Waals surface area contributed by atoms with Crippen LogP contribution in [0.1, 0.15) is 0 Å². The second-order valence-electron chi connectivity index (χ2n) is 3.74. The molecule has 0 saturated heterocycles. The number of rotatable bonds is 4. The van der Waals surface area contributed by atoms with E-state index in [-0.39, 0.29) is 12.3 Å². The summed E-state index contributed by atoms with van der Waals surface area (Å²) in [6.07, 6.45) is 0. The van der Waals surface area contributed by atoms with Crippen molar-refractivity contribution < 1.29 is 13.0 Å². The number of nitrogens with one attached hydrogen (secondary N) is 1. The summed E-state index contributed by atoms with van der Waals surface area (Å²) >= 11 is 0.